The van der Waals surface area contributed by atoms with Gasteiger partial charge in [0.15, 0.2) is 0 Å². The van der Waals surface area contributed by atoms with E-state index in [9.17, 15) is 4.79 Å². The topological polar surface area (TPSA) is 38.3 Å². The van der Waals surface area contributed by atoms with E-state index >= 15 is 0 Å². The van der Waals surface area contributed by atoms with Crippen molar-refractivity contribution in [2.75, 3.05) is 0 Å². The summed E-state index contributed by atoms with van der Waals surface area (Å²) >= 11 is 2.18. The van der Waals surface area contributed by atoms with Crippen LogP contribution in [0.3, 0.4) is 0 Å². The van der Waals surface area contributed by atoms with Gasteiger partial charge in [-0.05, 0) is 73.2 Å². The Labute approximate surface area is 145 Å². The van der Waals surface area contributed by atoms with E-state index in [2.05, 4.69) is 27.9 Å². The smallest absolute Gasteiger partial charge is 0.252 e. The fraction of sp³-hybridized carbons (Fsp3) is 0.278. The van der Waals surface area contributed by atoms with E-state index in [1.165, 1.54) is 0 Å². The summed E-state index contributed by atoms with van der Waals surface area (Å²) in [6.07, 6.45) is 0.156. The van der Waals surface area contributed by atoms with Gasteiger partial charge in [0.25, 0.3) is 5.91 Å². The monoisotopic (exact) mass is 409 g/mol. The van der Waals surface area contributed by atoms with E-state index < -0.39 is 0 Å². The first-order valence-corrected chi connectivity index (χ1v) is 8.37. The number of nitrogens with one attached hydrogen (secondary N) is 1. The van der Waals surface area contributed by atoms with E-state index in [1.807, 2.05) is 69.3 Å². The van der Waals surface area contributed by atoms with Gasteiger partial charge in [-0.15, -0.1) is 0 Å². The van der Waals surface area contributed by atoms with Crippen LogP contribution in [0.5, 0.6) is 5.75 Å². The molecule has 1 atom stereocenters. The Morgan fingerprint density at radius 1 is 1.05 bits per heavy atom. The minimum absolute atomic E-state index is 0.0555. The molecule has 0 bridgehead atoms. The van der Waals surface area contributed by atoms with Gasteiger partial charge >= 0.3 is 0 Å². The van der Waals surface area contributed by atoms with Crippen molar-refractivity contribution < 1.29 is 9.53 Å². The first-order valence-electron chi connectivity index (χ1n) is 7.29. The SMILES string of the molecule is CC(C)Oc1ccc(C(C)NC(=O)c2ccccc2I)cc1. The third kappa shape index (κ3) is 4.47. The molecule has 0 saturated heterocycles. The molecule has 0 saturated carbocycles. The maximum atomic E-state index is 12.3. The lowest BCUT2D eigenvalue weighted by Gasteiger charge is -2.16. The number of benzene rings is 2. The first-order chi connectivity index (χ1) is 10.5. The maximum absolute atomic E-state index is 12.3. The molecular weight excluding hydrogens is 389 g/mol. The Hall–Kier alpha value is -1.56. The van der Waals surface area contributed by atoms with Crippen LogP contribution >= 0.6 is 22.6 Å². The summed E-state index contributed by atoms with van der Waals surface area (Å²) in [5.74, 6) is 0.787. The van der Waals surface area contributed by atoms with Crippen molar-refractivity contribution in [2.45, 2.75) is 32.9 Å². The molecule has 4 heteroatoms. The maximum Gasteiger partial charge on any atom is 0.252 e. The molecule has 116 valence electrons. The van der Waals surface area contributed by atoms with Crippen molar-refractivity contribution in [1.82, 2.24) is 5.32 Å². The molecule has 0 aliphatic carbocycles. The van der Waals surface area contributed by atoms with E-state index in [4.69, 9.17) is 4.74 Å². The van der Waals surface area contributed by atoms with Crippen LogP contribution in [0, 0.1) is 3.57 Å². The molecule has 0 aromatic heterocycles. The van der Waals surface area contributed by atoms with Crippen molar-refractivity contribution in [3.63, 3.8) is 0 Å². The van der Waals surface area contributed by atoms with Crippen molar-refractivity contribution in [1.29, 1.82) is 0 Å². The summed E-state index contributed by atoms with van der Waals surface area (Å²) in [4.78, 5) is 12.3. The molecule has 0 fully saturated rings. The summed E-state index contributed by atoms with van der Waals surface area (Å²) in [6.45, 7) is 5.97. The average molecular weight is 409 g/mol. The highest BCUT2D eigenvalue weighted by atomic mass is 127. The third-order valence-corrected chi connectivity index (χ3v) is 4.16. The first kappa shape index (κ1) is 16.8. The summed E-state index contributed by atoms with van der Waals surface area (Å²) < 4.78 is 6.58. The number of hydrogen-bond acceptors (Lipinski definition) is 2. The second kappa shape index (κ2) is 7.63. The summed E-state index contributed by atoms with van der Waals surface area (Å²) in [7, 11) is 0. The lowest BCUT2D eigenvalue weighted by Crippen LogP contribution is -2.27. The van der Waals surface area contributed by atoms with Crippen molar-refractivity contribution in [2.24, 2.45) is 0 Å². The van der Waals surface area contributed by atoms with Crippen molar-refractivity contribution in [3.8, 4) is 5.75 Å². The third-order valence-electron chi connectivity index (χ3n) is 3.22. The Kier molecular flexibility index (Phi) is 5.83. The Morgan fingerprint density at radius 2 is 1.68 bits per heavy atom. The molecule has 2 aromatic rings. The van der Waals surface area contributed by atoms with Gasteiger partial charge in [0.2, 0.25) is 0 Å². The van der Waals surface area contributed by atoms with Gasteiger partial charge in [-0.3, -0.25) is 4.79 Å². The molecule has 0 heterocycles. The van der Waals surface area contributed by atoms with E-state index in [-0.39, 0.29) is 18.1 Å². The molecule has 1 N–H and O–H groups in total. The molecular formula is C18H20INO2. The molecule has 1 amide bonds. The largest absolute Gasteiger partial charge is 0.491 e. The molecule has 0 aliphatic rings. The highest BCUT2D eigenvalue weighted by molar-refractivity contribution is 14.1. The molecule has 2 aromatic carbocycles. The predicted molar refractivity (Wildman–Crippen MR) is 97.2 cm³/mol. The zero-order valence-electron chi connectivity index (χ0n) is 13.0. The lowest BCUT2D eigenvalue weighted by atomic mass is 10.1. The van der Waals surface area contributed by atoms with Crippen LogP contribution in [0.2, 0.25) is 0 Å². The molecule has 0 radical (unpaired) electrons. The molecule has 0 aliphatic heterocycles. The molecule has 1 unspecified atom stereocenters. The van der Waals surface area contributed by atoms with Gasteiger partial charge in [-0.25, -0.2) is 0 Å². The van der Waals surface area contributed by atoms with Gasteiger partial charge in [-0.1, -0.05) is 24.3 Å². The van der Waals surface area contributed by atoms with Crippen molar-refractivity contribution in [3.05, 3.63) is 63.2 Å². The van der Waals surface area contributed by atoms with Crippen LogP contribution in [0.4, 0.5) is 0 Å². The quantitative estimate of drug-likeness (QED) is 0.735. The Morgan fingerprint density at radius 3 is 2.27 bits per heavy atom. The predicted octanol–water partition coefficient (Wildman–Crippen LogP) is 4.57. The fourth-order valence-corrected chi connectivity index (χ4v) is 2.74. The van der Waals surface area contributed by atoms with Crippen LogP contribution in [-0.2, 0) is 0 Å². The standard InChI is InChI=1S/C18H20INO2/c1-12(2)22-15-10-8-14(9-11-15)13(3)20-18(21)16-6-4-5-7-17(16)19/h4-13H,1-3H3,(H,20,21). The minimum Gasteiger partial charge on any atom is -0.491 e. The fourth-order valence-electron chi connectivity index (χ4n) is 2.11. The van der Waals surface area contributed by atoms with Crippen LogP contribution < -0.4 is 10.1 Å². The van der Waals surface area contributed by atoms with Gasteiger partial charge in [0.1, 0.15) is 5.75 Å². The zero-order valence-corrected chi connectivity index (χ0v) is 15.1. The highest BCUT2D eigenvalue weighted by Gasteiger charge is 2.13. The summed E-state index contributed by atoms with van der Waals surface area (Å²) in [6, 6.07) is 15.3. The average Bonchev–Trinajstić information content (AvgIpc) is 2.47. The van der Waals surface area contributed by atoms with Gasteiger partial charge in [-0.2, -0.15) is 0 Å². The second-order valence-electron chi connectivity index (χ2n) is 5.41. The Balaban J connectivity index is 2.04. The number of carbonyl (C=O) groups is 1. The summed E-state index contributed by atoms with van der Waals surface area (Å²) in [5.41, 5.74) is 1.75. The number of carbonyl (C=O) groups excluding carboxylic acids is 1. The molecule has 2 rings (SSSR count). The van der Waals surface area contributed by atoms with E-state index in [1.54, 1.807) is 0 Å². The molecule has 22 heavy (non-hydrogen) atoms. The lowest BCUT2D eigenvalue weighted by molar-refractivity contribution is 0.0939. The molecule has 3 nitrogen and oxygen atoms in total. The number of rotatable bonds is 5. The number of hydrogen-bond donors (Lipinski definition) is 1. The number of ether oxygens (including phenoxy) is 1. The Bertz CT molecular complexity index is 638. The van der Waals surface area contributed by atoms with Gasteiger partial charge in [0.05, 0.1) is 17.7 Å². The number of halogens is 1. The van der Waals surface area contributed by atoms with Gasteiger partial charge < -0.3 is 10.1 Å². The van der Waals surface area contributed by atoms with Crippen LogP contribution in [0.1, 0.15) is 42.7 Å². The summed E-state index contributed by atoms with van der Waals surface area (Å²) in [5, 5.41) is 3.03. The van der Waals surface area contributed by atoms with Crippen LogP contribution in [-0.4, -0.2) is 12.0 Å². The normalized spacial score (nSPS) is 12.0. The van der Waals surface area contributed by atoms with Crippen LogP contribution in [0.25, 0.3) is 0 Å². The zero-order chi connectivity index (χ0) is 16.1. The van der Waals surface area contributed by atoms with Gasteiger partial charge in [0, 0.05) is 3.57 Å². The highest BCUT2D eigenvalue weighted by Crippen LogP contribution is 2.19. The van der Waals surface area contributed by atoms with Crippen LogP contribution in [0.15, 0.2) is 48.5 Å². The van der Waals surface area contributed by atoms with E-state index in [0.29, 0.717) is 5.56 Å². The molecule has 0 spiro atoms. The number of amides is 1. The second-order valence-corrected chi connectivity index (χ2v) is 6.57. The minimum atomic E-state index is -0.0587. The van der Waals surface area contributed by atoms with E-state index in [0.717, 1.165) is 14.9 Å². The van der Waals surface area contributed by atoms with Crippen molar-refractivity contribution >= 4 is 28.5 Å².